The highest BCUT2D eigenvalue weighted by atomic mass is 79.9. The molecule has 0 fully saturated rings. The molecule has 2 rings (SSSR count). The summed E-state index contributed by atoms with van der Waals surface area (Å²) in [5, 5.41) is 2.66. The van der Waals surface area contributed by atoms with E-state index < -0.39 is 0 Å². The van der Waals surface area contributed by atoms with Crippen molar-refractivity contribution in [2.75, 3.05) is 12.3 Å². The van der Waals surface area contributed by atoms with Crippen LogP contribution < -0.4 is 15.8 Å². The van der Waals surface area contributed by atoms with Crippen molar-refractivity contribution in [2.24, 2.45) is 0 Å². The van der Waals surface area contributed by atoms with Gasteiger partial charge in [0.05, 0.1) is 0 Å². The molecule has 21 heavy (non-hydrogen) atoms. The van der Waals surface area contributed by atoms with E-state index in [1.54, 1.807) is 30.3 Å². The molecule has 3 N–H and O–H groups in total. The van der Waals surface area contributed by atoms with Gasteiger partial charge in [0.2, 0.25) is 0 Å². The first-order chi connectivity index (χ1) is 10.0. The topological polar surface area (TPSA) is 64.3 Å². The van der Waals surface area contributed by atoms with Gasteiger partial charge in [0, 0.05) is 16.7 Å². The third kappa shape index (κ3) is 4.75. The highest BCUT2D eigenvalue weighted by Gasteiger charge is 2.06. The van der Waals surface area contributed by atoms with E-state index in [1.807, 2.05) is 0 Å². The van der Waals surface area contributed by atoms with E-state index in [9.17, 15) is 9.18 Å². The predicted molar refractivity (Wildman–Crippen MR) is 82.3 cm³/mol. The van der Waals surface area contributed by atoms with Crippen molar-refractivity contribution in [3.8, 4) is 5.75 Å². The van der Waals surface area contributed by atoms with Crippen LogP contribution in [0.3, 0.4) is 0 Å². The minimum atomic E-state index is -0.347. The molecule has 0 heterocycles. The molecule has 2 aromatic carbocycles. The number of hydrogen-bond acceptors (Lipinski definition) is 3. The molecule has 0 atom stereocenters. The summed E-state index contributed by atoms with van der Waals surface area (Å²) in [6.45, 7) is 0.110. The van der Waals surface area contributed by atoms with E-state index in [4.69, 9.17) is 10.5 Å². The maximum atomic E-state index is 13.1. The number of benzene rings is 2. The average Bonchev–Trinajstić information content (AvgIpc) is 2.47. The van der Waals surface area contributed by atoms with Gasteiger partial charge in [0.1, 0.15) is 11.6 Å². The van der Waals surface area contributed by atoms with Crippen LogP contribution in [-0.2, 0) is 11.3 Å². The lowest BCUT2D eigenvalue weighted by Crippen LogP contribution is -2.28. The molecule has 0 aliphatic heterocycles. The second-order valence-electron chi connectivity index (χ2n) is 4.37. The molecule has 4 nitrogen and oxygen atoms in total. The number of rotatable bonds is 5. The second-order valence-corrected chi connectivity index (χ2v) is 5.22. The number of anilines is 1. The first-order valence-electron chi connectivity index (χ1n) is 6.23. The fourth-order valence-electron chi connectivity index (χ4n) is 1.64. The van der Waals surface area contributed by atoms with Gasteiger partial charge in [0.25, 0.3) is 5.91 Å². The zero-order valence-corrected chi connectivity index (χ0v) is 12.7. The Labute approximate surface area is 130 Å². The maximum Gasteiger partial charge on any atom is 0.258 e. The number of hydrogen-bond donors (Lipinski definition) is 2. The van der Waals surface area contributed by atoms with Gasteiger partial charge in [-0.15, -0.1) is 0 Å². The predicted octanol–water partition coefficient (Wildman–Crippen LogP) is 2.87. The molecule has 6 heteroatoms. The van der Waals surface area contributed by atoms with E-state index >= 15 is 0 Å². The quantitative estimate of drug-likeness (QED) is 0.813. The fourth-order valence-corrected chi connectivity index (χ4v) is 2.02. The van der Waals surface area contributed by atoms with Crippen LogP contribution >= 0.6 is 15.9 Å². The molecule has 0 saturated carbocycles. The third-order valence-corrected chi connectivity index (χ3v) is 3.51. The van der Waals surface area contributed by atoms with E-state index in [1.165, 1.54) is 12.1 Å². The number of ether oxygens (including phenoxy) is 1. The van der Waals surface area contributed by atoms with Crippen molar-refractivity contribution in [3.05, 3.63) is 58.3 Å². The van der Waals surface area contributed by atoms with Gasteiger partial charge in [-0.05, 0) is 48.0 Å². The molecule has 0 bridgehead atoms. The number of halogens is 2. The maximum absolute atomic E-state index is 13.1. The fraction of sp³-hybridized carbons (Fsp3) is 0.133. The number of carbonyl (C=O) groups is 1. The minimum absolute atomic E-state index is 0.114. The average molecular weight is 353 g/mol. The summed E-state index contributed by atoms with van der Waals surface area (Å²) in [5.41, 5.74) is 6.84. The molecular weight excluding hydrogens is 339 g/mol. The molecule has 0 aliphatic rings. The smallest absolute Gasteiger partial charge is 0.258 e. The number of nitrogens with one attached hydrogen (secondary N) is 1. The van der Waals surface area contributed by atoms with E-state index in [0.717, 1.165) is 4.47 Å². The molecule has 110 valence electrons. The van der Waals surface area contributed by atoms with Crippen LogP contribution in [0.5, 0.6) is 5.75 Å². The van der Waals surface area contributed by atoms with Crippen LogP contribution in [-0.4, -0.2) is 12.5 Å². The Hall–Kier alpha value is -2.08. The van der Waals surface area contributed by atoms with Crippen LogP contribution in [0.15, 0.2) is 46.9 Å². The Kier molecular flexibility index (Phi) is 5.16. The molecule has 0 aliphatic carbocycles. The Morgan fingerprint density at radius 1 is 1.24 bits per heavy atom. The molecule has 0 aromatic heterocycles. The lowest BCUT2D eigenvalue weighted by Gasteiger charge is -2.09. The zero-order chi connectivity index (χ0) is 15.2. The standard InChI is InChI=1S/C15H14BrFN2O2/c16-14-6-1-11(17)7-10(14)8-19-15(20)9-21-13-4-2-12(18)3-5-13/h1-7H,8-9,18H2,(H,19,20). The lowest BCUT2D eigenvalue weighted by atomic mass is 10.2. The largest absolute Gasteiger partial charge is 0.484 e. The Morgan fingerprint density at radius 3 is 2.67 bits per heavy atom. The molecule has 2 aromatic rings. The summed E-state index contributed by atoms with van der Waals surface area (Å²) in [6, 6.07) is 11.1. The molecular formula is C15H14BrFN2O2. The van der Waals surface area contributed by atoms with E-state index in [2.05, 4.69) is 21.2 Å². The van der Waals surface area contributed by atoms with Crippen molar-refractivity contribution in [2.45, 2.75) is 6.54 Å². The number of nitrogen functional groups attached to an aromatic ring is 1. The minimum Gasteiger partial charge on any atom is -0.484 e. The SMILES string of the molecule is Nc1ccc(OCC(=O)NCc2cc(F)ccc2Br)cc1. The molecule has 0 unspecified atom stereocenters. The van der Waals surface area contributed by atoms with E-state index in [-0.39, 0.29) is 24.9 Å². The van der Waals surface area contributed by atoms with Crippen molar-refractivity contribution in [3.63, 3.8) is 0 Å². The summed E-state index contributed by atoms with van der Waals surface area (Å²) >= 11 is 3.30. The Morgan fingerprint density at radius 2 is 1.95 bits per heavy atom. The Bertz CT molecular complexity index is 632. The van der Waals surface area contributed by atoms with Gasteiger partial charge < -0.3 is 15.8 Å². The van der Waals surface area contributed by atoms with Gasteiger partial charge in [-0.2, -0.15) is 0 Å². The molecule has 0 spiro atoms. The normalized spacial score (nSPS) is 10.2. The van der Waals surface area contributed by atoms with Crippen LogP contribution in [0.1, 0.15) is 5.56 Å². The summed E-state index contributed by atoms with van der Waals surface area (Å²) < 4.78 is 19.2. The van der Waals surface area contributed by atoms with Gasteiger partial charge in [0.15, 0.2) is 6.61 Å². The summed E-state index contributed by atoms with van der Waals surface area (Å²) in [4.78, 5) is 11.7. The highest BCUT2D eigenvalue weighted by Crippen LogP contribution is 2.17. The first-order valence-corrected chi connectivity index (χ1v) is 7.03. The van der Waals surface area contributed by atoms with Gasteiger partial charge in [-0.3, -0.25) is 4.79 Å². The summed E-state index contributed by atoms with van der Waals surface area (Å²) in [7, 11) is 0. The van der Waals surface area contributed by atoms with Crippen LogP contribution in [0.25, 0.3) is 0 Å². The Balaban J connectivity index is 1.82. The zero-order valence-electron chi connectivity index (χ0n) is 11.1. The highest BCUT2D eigenvalue weighted by molar-refractivity contribution is 9.10. The van der Waals surface area contributed by atoms with Gasteiger partial charge >= 0.3 is 0 Å². The summed E-state index contributed by atoms with van der Waals surface area (Å²) in [6.07, 6.45) is 0. The molecule has 1 amide bonds. The molecule has 0 saturated heterocycles. The van der Waals surface area contributed by atoms with Crippen LogP contribution in [0.4, 0.5) is 10.1 Å². The third-order valence-electron chi connectivity index (χ3n) is 2.73. The van der Waals surface area contributed by atoms with Crippen LogP contribution in [0.2, 0.25) is 0 Å². The van der Waals surface area contributed by atoms with Crippen molar-refractivity contribution in [1.29, 1.82) is 0 Å². The molecule has 0 radical (unpaired) electrons. The van der Waals surface area contributed by atoms with Gasteiger partial charge in [-0.25, -0.2) is 4.39 Å². The van der Waals surface area contributed by atoms with Crippen molar-refractivity contribution < 1.29 is 13.9 Å². The number of carbonyl (C=O) groups excluding carboxylic acids is 1. The first kappa shape index (κ1) is 15.3. The number of nitrogens with two attached hydrogens (primary N) is 1. The second kappa shape index (κ2) is 7.08. The number of amides is 1. The van der Waals surface area contributed by atoms with Crippen molar-refractivity contribution >= 4 is 27.5 Å². The monoisotopic (exact) mass is 352 g/mol. The van der Waals surface area contributed by atoms with E-state index in [0.29, 0.717) is 17.0 Å². The summed E-state index contributed by atoms with van der Waals surface area (Å²) in [5.74, 6) is -0.0742. The van der Waals surface area contributed by atoms with Crippen LogP contribution in [0, 0.1) is 5.82 Å². The van der Waals surface area contributed by atoms with Gasteiger partial charge in [-0.1, -0.05) is 15.9 Å². The lowest BCUT2D eigenvalue weighted by molar-refractivity contribution is -0.123. The van der Waals surface area contributed by atoms with Crippen molar-refractivity contribution in [1.82, 2.24) is 5.32 Å².